The quantitative estimate of drug-likeness (QED) is 0.597. The molecule has 0 saturated carbocycles. The molecular formula is C21H27Cl2N5O3S. The molecule has 0 bridgehead atoms. The van der Waals surface area contributed by atoms with Gasteiger partial charge in [-0.05, 0) is 32.8 Å². The number of methoxy groups -OCH3 is 1. The molecule has 3 N–H and O–H groups in total. The fourth-order valence-electron chi connectivity index (χ4n) is 4.37. The van der Waals surface area contributed by atoms with E-state index in [1.807, 2.05) is 13.8 Å². The molecule has 0 unspecified atom stereocenters. The van der Waals surface area contributed by atoms with Crippen LogP contribution in [0.1, 0.15) is 31.2 Å². The van der Waals surface area contributed by atoms with Gasteiger partial charge in [-0.15, -0.1) is 0 Å². The monoisotopic (exact) mass is 499 g/mol. The molecule has 2 aromatic rings. The summed E-state index contributed by atoms with van der Waals surface area (Å²) in [4.78, 5) is 16.5. The second kappa shape index (κ2) is 9.48. The van der Waals surface area contributed by atoms with E-state index in [9.17, 15) is 5.11 Å². The zero-order valence-electron chi connectivity index (χ0n) is 18.3. The van der Waals surface area contributed by atoms with Crippen LogP contribution in [0.25, 0.3) is 0 Å². The molecule has 2 aliphatic rings. The predicted octanol–water partition coefficient (Wildman–Crippen LogP) is 3.47. The number of aromatic nitrogens is 3. The number of rotatable bonds is 5. The number of aryl methyl sites for hydroxylation is 1. The molecule has 4 rings (SSSR count). The highest BCUT2D eigenvalue weighted by molar-refractivity contribution is 7.99. The summed E-state index contributed by atoms with van der Waals surface area (Å²) in [6.07, 6.45) is 1.93. The highest BCUT2D eigenvalue weighted by Crippen LogP contribution is 2.43. The molecule has 11 heteroatoms. The smallest absolute Gasteiger partial charge is 0.229 e. The molecule has 0 aliphatic carbocycles. The molecule has 2 aliphatic heterocycles. The summed E-state index contributed by atoms with van der Waals surface area (Å²) in [7, 11) is 1.52. The van der Waals surface area contributed by atoms with Crippen LogP contribution in [0.15, 0.2) is 16.0 Å². The third-order valence-electron chi connectivity index (χ3n) is 6.40. The van der Waals surface area contributed by atoms with Gasteiger partial charge in [-0.3, -0.25) is 0 Å². The number of piperidine rings is 1. The fourth-order valence-corrected chi connectivity index (χ4v) is 5.67. The van der Waals surface area contributed by atoms with Crippen molar-refractivity contribution in [3.05, 3.63) is 27.6 Å². The molecule has 1 spiro atoms. The summed E-state index contributed by atoms with van der Waals surface area (Å²) in [5, 5.41) is 11.2. The molecule has 0 amide bonds. The highest BCUT2D eigenvalue weighted by Gasteiger charge is 2.47. The molecule has 2 fully saturated rings. The van der Waals surface area contributed by atoms with Gasteiger partial charge in [0.1, 0.15) is 10.7 Å². The Bertz CT molecular complexity index is 1000. The number of nitrogens with two attached hydrogens (primary N) is 1. The lowest BCUT2D eigenvalue weighted by Crippen LogP contribution is -2.51. The van der Waals surface area contributed by atoms with Crippen LogP contribution >= 0.6 is 35.0 Å². The van der Waals surface area contributed by atoms with Crippen molar-refractivity contribution in [2.24, 2.45) is 11.1 Å². The van der Waals surface area contributed by atoms with Crippen molar-refractivity contribution in [3.63, 3.8) is 0 Å². The Balaban J connectivity index is 1.57. The number of ether oxygens (including phenoxy) is 2. The number of pyridine rings is 1. The lowest BCUT2D eigenvalue weighted by Gasteiger charge is -2.42. The number of hydrogen-bond donors (Lipinski definition) is 2. The van der Waals surface area contributed by atoms with Gasteiger partial charge < -0.3 is 25.2 Å². The first kappa shape index (κ1) is 23.8. The summed E-state index contributed by atoms with van der Waals surface area (Å²) in [5.41, 5.74) is 7.73. The molecule has 174 valence electrons. The van der Waals surface area contributed by atoms with E-state index in [-0.39, 0.29) is 29.3 Å². The molecule has 0 radical (unpaired) electrons. The topological polar surface area (TPSA) is 107 Å². The molecule has 0 aromatic carbocycles. The second-order valence-corrected chi connectivity index (χ2v) is 10.1. The first-order chi connectivity index (χ1) is 15.3. The average molecular weight is 500 g/mol. The summed E-state index contributed by atoms with van der Waals surface area (Å²) in [6, 6.07) is 1.73. The van der Waals surface area contributed by atoms with E-state index in [4.69, 9.17) is 48.4 Å². The van der Waals surface area contributed by atoms with E-state index < -0.39 is 0 Å². The number of aliphatic hydroxyl groups excluding tert-OH is 1. The van der Waals surface area contributed by atoms with Crippen LogP contribution in [0.3, 0.4) is 0 Å². The third kappa shape index (κ3) is 4.38. The summed E-state index contributed by atoms with van der Waals surface area (Å²) in [6.45, 7) is 6.01. The Kier molecular flexibility index (Phi) is 7.05. The minimum absolute atomic E-state index is 0.0188. The maximum Gasteiger partial charge on any atom is 0.229 e. The van der Waals surface area contributed by atoms with Gasteiger partial charge in [0.05, 0.1) is 42.0 Å². The normalized spacial score (nSPS) is 22.5. The van der Waals surface area contributed by atoms with Crippen molar-refractivity contribution < 1.29 is 14.6 Å². The largest absolute Gasteiger partial charge is 0.480 e. The Morgan fingerprint density at radius 2 is 2.03 bits per heavy atom. The zero-order chi connectivity index (χ0) is 23.0. The van der Waals surface area contributed by atoms with Gasteiger partial charge in [0.15, 0.2) is 11.0 Å². The molecule has 4 heterocycles. The number of aliphatic hydroxyl groups is 1. The summed E-state index contributed by atoms with van der Waals surface area (Å²) < 4.78 is 11.2. The second-order valence-electron chi connectivity index (χ2n) is 8.30. The minimum Gasteiger partial charge on any atom is -0.480 e. The number of hydrogen-bond acceptors (Lipinski definition) is 9. The van der Waals surface area contributed by atoms with Crippen molar-refractivity contribution in [3.8, 4) is 5.88 Å². The first-order valence-electron chi connectivity index (χ1n) is 10.5. The van der Waals surface area contributed by atoms with Crippen molar-refractivity contribution in [1.82, 2.24) is 15.0 Å². The van der Waals surface area contributed by atoms with Gasteiger partial charge in [-0.25, -0.2) is 9.97 Å². The van der Waals surface area contributed by atoms with E-state index in [1.54, 1.807) is 6.07 Å². The molecule has 8 nitrogen and oxygen atoms in total. The van der Waals surface area contributed by atoms with Gasteiger partial charge in [0, 0.05) is 24.5 Å². The van der Waals surface area contributed by atoms with E-state index in [2.05, 4.69) is 9.88 Å². The molecule has 32 heavy (non-hydrogen) atoms. The van der Waals surface area contributed by atoms with E-state index >= 15 is 0 Å². The standard InChI is InChI=1S/C21H27Cl2N5O3S/c1-11-20(32-15-8-13(22)17(23)27-19(15)30-3)26-14(9-29)18(25-11)28-6-4-21(5-7-28)10-31-12(2)16(21)24/h8,12,16,29H,4-7,9-10,24H2,1-3H3/t12-,16+/m0/s1. The lowest BCUT2D eigenvalue weighted by molar-refractivity contribution is 0.0973. The third-order valence-corrected chi connectivity index (χ3v) is 8.16. The molecule has 2 atom stereocenters. The number of anilines is 1. The van der Waals surface area contributed by atoms with Gasteiger partial charge in [0.25, 0.3) is 0 Å². The maximum atomic E-state index is 10.0. The fraction of sp³-hybridized carbons (Fsp3) is 0.571. The summed E-state index contributed by atoms with van der Waals surface area (Å²) >= 11 is 13.5. The SMILES string of the molecule is COc1nc(Cl)c(Cl)cc1Sc1nc(CO)c(N2CCC3(CC2)CO[C@@H](C)[C@H]3N)nc1C. The van der Waals surface area contributed by atoms with E-state index in [0.717, 1.165) is 31.6 Å². The van der Waals surface area contributed by atoms with Crippen LogP contribution in [0.4, 0.5) is 5.82 Å². The minimum atomic E-state index is -0.214. The molecule has 2 aromatic heterocycles. The van der Waals surface area contributed by atoms with Gasteiger partial charge in [-0.2, -0.15) is 4.98 Å². The first-order valence-corrected chi connectivity index (χ1v) is 12.0. The van der Waals surface area contributed by atoms with Crippen LogP contribution in [-0.2, 0) is 11.3 Å². The molecular weight excluding hydrogens is 473 g/mol. The Morgan fingerprint density at radius 3 is 2.62 bits per heavy atom. The van der Waals surface area contributed by atoms with Crippen molar-refractivity contribution in [2.75, 3.05) is 31.7 Å². The number of nitrogens with zero attached hydrogens (tertiary/aromatic N) is 4. The van der Waals surface area contributed by atoms with Crippen LogP contribution in [0.5, 0.6) is 5.88 Å². The van der Waals surface area contributed by atoms with Crippen molar-refractivity contribution in [2.45, 2.75) is 55.4 Å². The van der Waals surface area contributed by atoms with Crippen LogP contribution in [0, 0.1) is 12.3 Å². The van der Waals surface area contributed by atoms with Crippen LogP contribution < -0.4 is 15.4 Å². The van der Waals surface area contributed by atoms with Gasteiger partial charge in [-0.1, -0.05) is 35.0 Å². The average Bonchev–Trinajstić information content (AvgIpc) is 3.06. The van der Waals surface area contributed by atoms with E-state index in [1.165, 1.54) is 18.9 Å². The lowest BCUT2D eigenvalue weighted by atomic mass is 9.73. The number of halogens is 2. The Labute approximate surface area is 201 Å². The van der Waals surface area contributed by atoms with Crippen LogP contribution in [-0.4, -0.2) is 59.0 Å². The van der Waals surface area contributed by atoms with E-state index in [0.29, 0.717) is 38.9 Å². The van der Waals surface area contributed by atoms with Gasteiger partial charge >= 0.3 is 0 Å². The summed E-state index contributed by atoms with van der Waals surface area (Å²) in [5.74, 6) is 1.06. The predicted molar refractivity (Wildman–Crippen MR) is 125 cm³/mol. The highest BCUT2D eigenvalue weighted by atomic mass is 35.5. The van der Waals surface area contributed by atoms with Crippen molar-refractivity contribution >= 4 is 40.8 Å². The zero-order valence-corrected chi connectivity index (χ0v) is 20.6. The van der Waals surface area contributed by atoms with Crippen molar-refractivity contribution in [1.29, 1.82) is 0 Å². The Hall–Kier alpha value is -1.36. The van der Waals surface area contributed by atoms with Gasteiger partial charge in [0.2, 0.25) is 5.88 Å². The van der Waals surface area contributed by atoms with Crippen LogP contribution in [0.2, 0.25) is 10.2 Å². The Morgan fingerprint density at radius 1 is 1.31 bits per heavy atom. The molecule has 2 saturated heterocycles. The maximum absolute atomic E-state index is 10.0.